The lowest BCUT2D eigenvalue weighted by Crippen LogP contribution is -2.44. The van der Waals surface area contributed by atoms with Crippen molar-refractivity contribution in [3.8, 4) is 0 Å². The number of rotatable bonds is 5. The second kappa shape index (κ2) is 7.29. The molecule has 1 aliphatic carbocycles. The number of likely N-dealkylation sites (N-methyl/N-ethyl adjacent to an activating group) is 1. The van der Waals surface area contributed by atoms with Gasteiger partial charge in [0.1, 0.15) is 0 Å². The summed E-state index contributed by atoms with van der Waals surface area (Å²) in [6.07, 6.45) is 2.12. The largest absolute Gasteiger partial charge is 0.369 e. The predicted molar refractivity (Wildman–Crippen MR) is 102 cm³/mol. The molecule has 0 bridgehead atoms. The van der Waals surface area contributed by atoms with Crippen LogP contribution in [0, 0.1) is 0 Å². The second-order valence-electron chi connectivity index (χ2n) is 7.01. The van der Waals surface area contributed by atoms with Crippen LogP contribution in [0.4, 0.5) is 17.2 Å². The molecule has 2 aromatic rings. The van der Waals surface area contributed by atoms with Crippen LogP contribution in [0.1, 0.15) is 23.3 Å². The summed E-state index contributed by atoms with van der Waals surface area (Å²) in [6.45, 7) is 4.30. The lowest BCUT2D eigenvalue weighted by molar-refractivity contribution is 0.0945. The van der Waals surface area contributed by atoms with Crippen LogP contribution >= 0.6 is 0 Å². The summed E-state index contributed by atoms with van der Waals surface area (Å²) < 4.78 is 0. The third-order valence-corrected chi connectivity index (χ3v) is 4.82. The standard InChI is InChI=1S/C19H24N6O/c1-24-10-12-25(13-11-24)16-6-4-14(5-7-16)20-18-9-8-17(22-23-18)19(26)21-15-2-3-15/h4-9,15H,2-3,10-13H2,1H3,(H,20,23)(H,21,26). The van der Waals surface area contributed by atoms with Crippen molar-refractivity contribution in [1.29, 1.82) is 0 Å². The molecule has 4 rings (SSSR count). The van der Waals surface area contributed by atoms with Crippen molar-refractivity contribution >= 4 is 23.1 Å². The fourth-order valence-corrected chi connectivity index (χ4v) is 2.98. The maximum atomic E-state index is 11.9. The maximum absolute atomic E-state index is 11.9. The molecule has 2 N–H and O–H groups in total. The van der Waals surface area contributed by atoms with Crippen molar-refractivity contribution in [1.82, 2.24) is 20.4 Å². The Hall–Kier alpha value is -2.67. The molecular weight excluding hydrogens is 328 g/mol. The van der Waals surface area contributed by atoms with Gasteiger partial charge < -0.3 is 20.4 Å². The number of amides is 1. The molecule has 1 saturated carbocycles. The number of nitrogens with zero attached hydrogens (tertiary/aromatic N) is 4. The molecule has 1 aromatic carbocycles. The highest BCUT2D eigenvalue weighted by atomic mass is 16.2. The Morgan fingerprint density at radius 2 is 1.73 bits per heavy atom. The Balaban J connectivity index is 1.35. The van der Waals surface area contributed by atoms with Crippen molar-refractivity contribution in [2.24, 2.45) is 0 Å². The van der Waals surface area contributed by atoms with Gasteiger partial charge in [0, 0.05) is 43.6 Å². The minimum atomic E-state index is -0.150. The average Bonchev–Trinajstić information content (AvgIpc) is 3.48. The van der Waals surface area contributed by atoms with Gasteiger partial charge in [-0.25, -0.2) is 0 Å². The molecule has 2 aliphatic rings. The lowest BCUT2D eigenvalue weighted by Gasteiger charge is -2.34. The number of benzene rings is 1. The molecule has 0 unspecified atom stereocenters. The molecule has 7 heteroatoms. The van der Waals surface area contributed by atoms with Crippen molar-refractivity contribution in [2.45, 2.75) is 18.9 Å². The first-order valence-electron chi connectivity index (χ1n) is 9.12. The molecule has 1 amide bonds. The molecule has 1 aliphatic heterocycles. The topological polar surface area (TPSA) is 73.4 Å². The normalized spacial score (nSPS) is 17.8. The molecule has 1 aromatic heterocycles. The lowest BCUT2D eigenvalue weighted by atomic mass is 10.2. The van der Waals surface area contributed by atoms with Gasteiger partial charge >= 0.3 is 0 Å². The van der Waals surface area contributed by atoms with E-state index in [1.54, 1.807) is 12.1 Å². The van der Waals surface area contributed by atoms with Crippen molar-refractivity contribution in [2.75, 3.05) is 43.4 Å². The van der Waals surface area contributed by atoms with Gasteiger partial charge in [0.15, 0.2) is 11.5 Å². The summed E-state index contributed by atoms with van der Waals surface area (Å²) in [4.78, 5) is 16.7. The SMILES string of the molecule is CN1CCN(c2ccc(Nc3ccc(C(=O)NC4CC4)nn3)cc2)CC1. The first kappa shape index (κ1) is 16.8. The predicted octanol–water partition coefficient (Wildman–Crippen LogP) is 1.86. The third-order valence-electron chi connectivity index (χ3n) is 4.82. The summed E-state index contributed by atoms with van der Waals surface area (Å²) >= 11 is 0. The zero-order chi connectivity index (χ0) is 17.9. The summed E-state index contributed by atoms with van der Waals surface area (Å²) in [7, 11) is 2.16. The number of hydrogen-bond donors (Lipinski definition) is 2. The zero-order valence-electron chi connectivity index (χ0n) is 15.0. The number of piperazine rings is 1. The van der Waals surface area contributed by atoms with Crippen molar-refractivity contribution in [3.05, 3.63) is 42.1 Å². The van der Waals surface area contributed by atoms with Gasteiger partial charge in [0.05, 0.1) is 0 Å². The monoisotopic (exact) mass is 352 g/mol. The smallest absolute Gasteiger partial charge is 0.272 e. The molecule has 2 heterocycles. The van der Waals surface area contributed by atoms with Gasteiger partial charge in [-0.3, -0.25) is 4.79 Å². The van der Waals surface area contributed by atoms with Crippen LogP contribution in [0.15, 0.2) is 36.4 Å². The van der Waals surface area contributed by atoms with Gasteiger partial charge in [-0.15, -0.1) is 10.2 Å². The Bertz CT molecular complexity index is 749. The Morgan fingerprint density at radius 1 is 1.00 bits per heavy atom. The Kier molecular flexibility index (Phi) is 4.71. The van der Waals surface area contributed by atoms with Gasteiger partial charge in [0.2, 0.25) is 0 Å². The highest BCUT2D eigenvalue weighted by molar-refractivity contribution is 5.92. The van der Waals surface area contributed by atoms with E-state index in [4.69, 9.17) is 0 Å². The number of carbonyl (C=O) groups is 1. The zero-order valence-corrected chi connectivity index (χ0v) is 15.0. The van der Waals surface area contributed by atoms with Crippen LogP contribution in [0.5, 0.6) is 0 Å². The molecule has 7 nitrogen and oxygen atoms in total. The molecule has 26 heavy (non-hydrogen) atoms. The van der Waals surface area contributed by atoms with Crippen LogP contribution in [-0.2, 0) is 0 Å². The van der Waals surface area contributed by atoms with E-state index in [2.05, 4.69) is 49.8 Å². The van der Waals surface area contributed by atoms with Crippen LogP contribution in [0.2, 0.25) is 0 Å². The summed E-state index contributed by atoms with van der Waals surface area (Å²) in [6, 6.07) is 12.1. The van der Waals surface area contributed by atoms with Crippen LogP contribution in [-0.4, -0.2) is 60.3 Å². The summed E-state index contributed by atoms with van der Waals surface area (Å²) in [5.41, 5.74) is 2.54. The molecular formula is C19H24N6O. The van der Waals surface area contributed by atoms with Gasteiger partial charge in [-0.2, -0.15) is 0 Å². The van der Waals surface area contributed by atoms with Gasteiger partial charge in [-0.05, 0) is 56.3 Å². The van der Waals surface area contributed by atoms with Crippen LogP contribution in [0.25, 0.3) is 0 Å². The Labute approximate surface area is 153 Å². The van der Waals surface area contributed by atoms with Crippen molar-refractivity contribution in [3.63, 3.8) is 0 Å². The fourth-order valence-electron chi connectivity index (χ4n) is 2.98. The number of hydrogen-bond acceptors (Lipinski definition) is 6. The quantitative estimate of drug-likeness (QED) is 0.856. The number of carbonyl (C=O) groups excluding carboxylic acids is 1. The van der Waals surface area contributed by atoms with Crippen LogP contribution < -0.4 is 15.5 Å². The van der Waals surface area contributed by atoms with Gasteiger partial charge in [0.25, 0.3) is 5.91 Å². The van der Waals surface area contributed by atoms with Crippen LogP contribution in [0.3, 0.4) is 0 Å². The number of aromatic nitrogens is 2. The molecule has 0 spiro atoms. The van der Waals surface area contributed by atoms with E-state index in [9.17, 15) is 4.79 Å². The highest BCUT2D eigenvalue weighted by Gasteiger charge is 2.24. The molecule has 2 fully saturated rings. The first-order chi connectivity index (χ1) is 12.7. The minimum absolute atomic E-state index is 0.150. The van der Waals surface area contributed by atoms with E-state index in [1.165, 1.54) is 5.69 Å². The maximum Gasteiger partial charge on any atom is 0.272 e. The fraction of sp³-hybridized carbons (Fsp3) is 0.421. The van der Waals surface area contributed by atoms with Crippen molar-refractivity contribution < 1.29 is 4.79 Å². The van der Waals surface area contributed by atoms with E-state index in [0.717, 1.165) is 44.7 Å². The average molecular weight is 352 g/mol. The third kappa shape index (κ3) is 4.11. The van der Waals surface area contributed by atoms with E-state index >= 15 is 0 Å². The molecule has 0 radical (unpaired) electrons. The highest BCUT2D eigenvalue weighted by Crippen LogP contribution is 2.22. The first-order valence-corrected chi connectivity index (χ1v) is 9.12. The number of nitrogens with one attached hydrogen (secondary N) is 2. The second-order valence-corrected chi connectivity index (χ2v) is 7.01. The Morgan fingerprint density at radius 3 is 2.35 bits per heavy atom. The van der Waals surface area contributed by atoms with Gasteiger partial charge in [-0.1, -0.05) is 0 Å². The minimum Gasteiger partial charge on any atom is -0.369 e. The molecule has 1 saturated heterocycles. The van der Waals surface area contributed by atoms with E-state index in [-0.39, 0.29) is 5.91 Å². The summed E-state index contributed by atoms with van der Waals surface area (Å²) in [5, 5.41) is 14.3. The van der Waals surface area contributed by atoms with E-state index < -0.39 is 0 Å². The summed E-state index contributed by atoms with van der Waals surface area (Å²) in [5.74, 6) is 0.475. The van der Waals surface area contributed by atoms with E-state index in [1.807, 2.05) is 12.1 Å². The molecule has 0 atom stereocenters. The van der Waals surface area contributed by atoms with E-state index in [0.29, 0.717) is 17.6 Å². The molecule has 136 valence electrons. The number of anilines is 3.